The Morgan fingerprint density at radius 3 is 2.83 bits per heavy atom. The largest absolute Gasteiger partial charge is 0.350 e. The summed E-state index contributed by atoms with van der Waals surface area (Å²) in [5.74, 6) is 0.0182. The maximum absolute atomic E-state index is 11.9. The number of nitrogens with two attached hydrogens (primary N) is 1. The van der Waals surface area contributed by atoms with Crippen molar-refractivity contribution in [3.63, 3.8) is 0 Å². The molecule has 18 heavy (non-hydrogen) atoms. The second-order valence-corrected chi connectivity index (χ2v) is 5.67. The summed E-state index contributed by atoms with van der Waals surface area (Å²) in [6.07, 6.45) is 3.45. The second-order valence-electron chi connectivity index (χ2n) is 5.24. The molecule has 0 heterocycles. The minimum Gasteiger partial charge on any atom is -0.350 e. The predicted octanol–water partition coefficient (Wildman–Crippen LogP) is 2.79. The first-order valence-corrected chi connectivity index (χ1v) is 6.70. The van der Waals surface area contributed by atoms with Gasteiger partial charge in [0.15, 0.2) is 0 Å². The molecular weight excluding hydrogens is 248 g/mol. The van der Waals surface area contributed by atoms with Gasteiger partial charge >= 0.3 is 0 Å². The molecule has 1 fully saturated rings. The average Bonchev–Trinajstić information content (AvgIpc) is 2.26. The Kier molecular flexibility index (Phi) is 3.93. The first-order chi connectivity index (χ1) is 8.48. The zero-order valence-corrected chi connectivity index (χ0v) is 11.3. The Balaban J connectivity index is 1.90. The lowest BCUT2D eigenvalue weighted by Crippen LogP contribution is -2.50. The molecule has 0 bridgehead atoms. The summed E-state index contributed by atoms with van der Waals surface area (Å²) in [5, 5.41) is 3.65. The van der Waals surface area contributed by atoms with E-state index in [1.807, 2.05) is 31.2 Å². The molecule has 2 rings (SSSR count). The van der Waals surface area contributed by atoms with Gasteiger partial charge in [-0.15, -0.1) is 0 Å². The molecule has 1 aliphatic carbocycles. The van der Waals surface area contributed by atoms with E-state index in [2.05, 4.69) is 5.32 Å². The van der Waals surface area contributed by atoms with Gasteiger partial charge in [-0.3, -0.25) is 4.79 Å². The number of hydrogen-bond donors (Lipinski definition) is 2. The average molecular weight is 267 g/mol. The van der Waals surface area contributed by atoms with Crippen molar-refractivity contribution in [1.82, 2.24) is 5.32 Å². The van der Waals surface area contributed by atoms with E-state index in [1.165, 1.54) is 0 Å². The standard InChI is InChI=1S/C14H19ClN2O/c1-10(11-4-2-5-12(15)8-11)17-13(18)9-14(16)6-3-7-14/h2,4-5,8,10H,3,6-7,9,16H2,1H3,(H,17,18)/t10-/m1/s1. The van der Waals surface area contributed by atoms with Gasteiger partial charge in [-0.2, -0.15) is 0 Å². The van der Waals surface area contributed by atoms with Gasteiger partial charge < -0.3 is 11.1 Å². The topological polar surface area (TPSA) is 55.1 Å². The van der Waals surface area contributed by atoms with Crippen molar-refractivity contribution in [2.45, 2.75) is 44.2 Å². The van der Waals surface area contributed by atoms with Crippen molar-refractivity contribution in [2.24, 2.45) is 5.73 Å². The molecule has 1 amide bonds. The maximum Gasteiger partial charge on any atom is 0.222 e. The molecule has 0 unspecified atom stereocenters. The van der Waals surface area contributed by atoms with Crippen LogP contribution in [0.2, 0.25) is 5.02 Å². The summed E-state index contributed by atoms with van der Waals surface area (Å²) in [6, 6.07) is 7.49. The fourth-order valence-electron chi connectivity index (χ4n) is 2.28. The number of nitrogens with one attached hydrogen (secondary N) is 1. The van der Waals surface area contributed by atoms with Gasteiger partial charge in [-0.1, -0.05) is 23.7 Å². The van der Waals surface area contributed by atoms with Gasteiger partial charge in [0, 0.05) is 17.0 Å². The number of benzene rings is 1. The quantitative estimate of drug-likeness (QED) is 0.880. The van der Waals surface area contributed by atoms with Gasteiger partial charge in [0.25, 0.3) is 0 Å². The molecule has 0 saturated heterocycles. The fraction of sp³-hybridized carbons (Fsp3) is 0.500. The second kappa shape index (κ2) is 5.29. The number of carbonyl (C=O) groups excluding carboxylic acids is 1. The molecule has 98 valence electrons. The molecule has 0 radical (unpaired) electrons. The predicted molar refractivity (Wildman–Crippen MR) is 73.4 cm³/mol. The molecule has 0 aromatic heterocycles. The van der Waals surface area contributed by atoms with Crippen LogP contribution < -0.4 is 11.1 Å². The summed E-state index contributed by atoms with van der Waals surface area (Å²) >= 11 is 5.93. The molecule has 1 aromatic carbocycles. The lowest BCUT2D eigenvalue weighted by molar-refractivity contribution is -0.123. The van der Waals surface area contributed by atoms with E-state index in [4.69, 9.17) is 17.3 Å². The molecule has 1 aromatic rings. The van der Waals surface area contributed by atoms with Crippen LogP contribution in [-0.2, 0) is 4.79 Å². The van der Waals surface area contributed by atoms with Crippen molar-refractivity contribution in [1.29, 1.82) is 0 Å². The van der Waals surface area contributed by atoms with Crippen molar-refractivity contribution in [3.8, 4) is 0 Å². The third-order valence-corrected chi connectivity index (χ3v) is 3.82. The summed E-state index contributed by atoms with van der Waals surface area (Å²) in [6.45, 7) is 1.95. The van der Waals surface area contributed by atoms with Gasteiger partial charge in [0.1, 0.15) is 0 Å². The first kappa shape index (κ1) is 13.4. The highest BCUT2D eigenvalue weighted by Gasteiger charge is 2.34. The van der Waals surface area contributed by atoms with Gasteiger partial charge in [0.05, 0.1) is 6.04 Å². The van der Waals surface area contributed by atoms with E-state index >= 15 is 0 Å². The number of halogens is 1. The zero-order valence-electron chi connectivity index (χ0n) is 10.6. The van der Waals surface area contributed by atoms with Crippen molar-refractivity contribution < 1.29 is 4.79 Å². The number of amides is 1. The van der Waals surface area contributed by atoms with Crippen LogP contribution in [0.5, 0.6) is 0 Å². The highest BCUT2D eigenvalue weighted by molar-refractivity contribution is 6.30. The summed E-state index contributed by atoms with van der Waals surface area (Å²) in [5.41, 5.74) is 6.80. The summed E-state index contributed by atoms with van der Waals surface area (Å²) in [7, 11) is 0. The Hall–Kier alpha value is -1.06. The molecule has 1 saturated carbocycles. The van der Waals surface area contributed by atoms with Crippen molar-refractivity contribution in [3.05, 3.63) is 34.9 Å². The van der Waals surface area contributed by atoms with Crippen LogP contribution in [0.15, 0.2) is 24.3 Å². The van der Waals surface area contributed by atoms with Gasteiger partial charge in [-0.05, 0) is 43.9 Å². The Morgan fingerprint density at radius 1 is 1.56 bits per heavy atom. The van der Waals surface area contributed by atoms with Crippen LogP contribution in [0.3, 0.4) is 0 Å². The molecule has 1 atom stereocenters. The van der Waals surface area contributed by atoms with Crippen LogP contribution in [0.25, 0.3) is 0 Å². The Labute approximate surface area is 113 Å². The lowest BCUT2D eigenvalue weighted by atomic mass is 9.75. The highest BCUT2D eigenvalue weighted by Crippen LogP contribution is 2.32. The van der Waals surface area contributed by atoms with E-state index in [-0.39, 0.29) is 17.5 Å². The third-order valence-electron chi connectivity index (χ3n) is 3.59. The van der Waals surface area contributed by atoms with E-state index in [9.17, 15) is 4.79 Å². The van der Waals surface area contributed by atoms with Crippen LogP contribution in [0.4, 0.5) is 0 Å². The molecule has 0 spiro atoms. The minimum atomic E-state index is -0.266. The number of hydrogen-bond acceptors (Lipinski definition) is 2. The fourth-order valence-corrected chi connectivity index (χ4v) is 2.48. The molecular formula is C14H19ClN2O. The molecule has 3 nitrogen and oxygen atoms in total. The lowest BCUT2D eigenvalue weighted by Gasteiger charge is -2.37. The monoisotopic (exact) mass is 266 g/mol. The van der Waals surface area contributed by atoms with E-state index in [0.717, 1.165) is 24.8 Å². The smallest absolute Gasteiger partial charge is 0.222 e. The van der Waals surface area contributed by atoms with Crippen LogP contribution in [-0.4, -0.2) is 11.4 Å². The van der Waals surface area contributed by atoms with Crippen molar-refractivity contribution in [2.75, 3.05) is 0 Å². The molecule has 0 aliphatic heterocycles. The Bertz CT molecular complexity index is 443. The number of rotatable bonds is 4. The SMILES string of the molecule is C[C@@H](NC(=O)CC1(N)CCC1)c1cccc(Cl)c1. The molecule has 4 heteroatoms. The van der Waals surface area contributed by atoms with Crippen LogP contribution >= 0.6 is 11.6 Å². The number of carbonyl (C=O) groups is 1. The van der Waals surface area contributed by atoms with Crippen molar-refractivity contribution >= 4 is 17.5 Å². The maximum atomic E-state index is 11.9. The van der Waals surface area contributed by atoms with E-state index in [0.29, 0.717) is 11.4 Å². The summed E-state index contributed by atoms with van der Waals surface area (Å²) in [4.78, 5) is 11.9. The molecule has 1 aliphatic rings. The summed E-state index contributed by atoms with van der Waals surface area (Å²) < 4.78 is 0. The van der Waals surface area contributed by atoms with Crippen LogP contribution in [0.1, 0.15) is 44.2 Å². The van der Waals surface area contributed by atoms with E-state index < -0.39 is 0 Å². The highest BCUT2D eigenvalue weighted by atomic mass is 35.5. The van der Waals surface area contributed by atoms with Crippen LogP contribution in [0, 0.1) is 0 Å². The van der Waals surface area contributed by atoms with E-state index in [1.54, 1.807) is 0 Å². The third kappa shape index (κ3) is 3.24. The first-order valence-electron chi connectivity index (χ1n) is 6.32. The minimum absolute atomic E-state index is 0.0182. The van der Waals surface area contributed by atoms with Gasteiger partial charge in [-0.25, -0.2) is 0 Å². The molecule has 3 N–H and O–H groups in total. The zero-order chi connectivity index (χ0) is 13.2. The Morgan fingerprint density at radius 2 is 2.28 bits per heavy atom. The normalized spacial score (nSPS) is 18.8. The van der Waals surface area contributed by atoms with Gasteiger partial charge in [0.2, 0.25) is 5.91 Å².